The Balaban J connectivity index is 1.43. The number of carbonyl (C=O) groups excluding carboxylic acids is 1. The summed E-state index contributed by atoms with van der Waals surface area (Å²) in [5, 5.41) is 5.81. The first-order chi connectivity index (χ1) is 14.1. The zero-order valence-corrected chi connectivity index (χ0v) is 16.2. The van der Waals surface area contributed by atoms with Crippen molar-refractivity contribution in [2.75, 3.05) is 12.4 Å². The molecule has 0 fully saturated rings. The second-order valence-corrected chi connectivity index (χ2v) is 6.44. The number of nitrogens with one attached hydrogen (secondary N) is 2. The lowest BCUT2D eigenvalue weighted by Gasteiger charge is -2.11. The van der Waals surface area contributed by atoms with Gasteiger partial charge in [0.1, 0.15) is 5.75 Å². The molecule has 2 aromatic heterocycles. The van der Waals surface area contributed by atoms with E-state index < -0.39 is 0 Å². The number of aromatic nitrogens is 2. The van der Waals surface area contributed by atoms with Crippen molar-refractivity contribution in [3.63, 3.8) is 0 Å². The number of fused-ring (bicyclic) bond motifs is 1. The Morgan fingerprint density at radius 2 is 1.86 bits per heavy atom. The lowest BCUT2D eigenvalue weighted by Crippen LogP contribution is -2.34. The molecule has 29 heavy (non-hydrogen) atoms. The van der Waals surface area contributed by atoms with Crippen LogP contribution in [0, 0.1) is 0 Å². The largest absolute Gasteiger partial charge is 0.496 e. The van der Waals surface area contributed by atoms with Crippen LogP contribution in [0.15, 0.2) is 71.3 Å². The van der Waals surface area contributed by atoms with Crippen LogP contribution in [-0.2, 0) is 0 Å². The number of nitrogens with zero attached hydrogens (tertiary/aromatic N) is 2. The Morgan fingerprint density at radius 3 is 2.62 bits per heavy atom. The van der Waals surface area contributed by atoms with Gasteiger partial charge < -0.3 is 14.5 Å². The third-order valence-electron chi connectivity index (χ3n) is 4.13. The minimum absolute atomic E-state index is 0.180. The van der Waals surface area contributed by atoms with Crippen LogP contribution in [0.3, 0.4) is 0 Å². The molecule has 0 saturated heterocycles. The number of carbonyl (C=O) groups is 1. The minimum Gasteiger partial charge on any atom is -0.496 e. The van der Waals surface area contributed by atoms with Crippen LogP contribution in [0.5, 0.6) is 5.75 Å². The fraction of sp³-hybridized carbons (Fsp3) is 0.0476. The van der Waals surface area contributed by atoms with Crippen LogP contribution < -0.4 is 15.4 Å². The van der Waals surface area contributed by atoms with Gasteiger partial charge in [-0.1, -0.05) is 12.1 Å². The van der Waals surface area contributed by atoms with Crippen LogP contribution in [0.2, 0.25) is 0 Å². The molecular formula is C21H16N4O3S. The average molecular weight is 404 g/mol. The van der Waals surface area contributed by atoms with Crippen LogP contribution in [0.25, 0.3) is 22.7 Å². The molecule has 4 aromatic rings. The monoisotopic (exact) mass is 404 g/mol. The van der Waals surface area contributed by atoms with Crippen LogP contribution >= 0.6 is 12.2 Å². The molecule has 1 amide bonds. The lowest BCUT2D eigenvalue weighted by molar-refractivity contribution is 0.0975. The average Bonchev–Trinajstić information content (AvgIpc) is 3.18. The zero-order valence-electron chi connectivity index (χ0n) is 15.4. The van der Waals surface area contributed by atoms with Crippen LogP contribution in [0.1, 0.15) is 10.4 Å². The second-order valence-electron chi connectivity index (χ2n) is 6.03. The maximum atomic E-state index is 12.4. The van der Waals surface area contributed by atoms with Gasteiger partial charge in [-0.15, -0.1) is 0 Å². The van der Waals surface area contributed by atoms with Gasteiger partial charge in [-0.3, -0.25) is 10.1 Å². The maximum absolute atomic E-state index is 12.4. The van der Waals surface area contributed by atoms with Gasteiger partial charge in [0, 0.05) is 17.4 Å². The predicted molar refractivity (Wildman–Crippen MR) is 114 cm³/mol. The quantitative estimate of drug-likeness (QED) is 0.497. The summed E-state index contributed by atoms with van der Waals surface area (Å²) in [7, 11) is 1.51. The molecule has 0 unspecified atom stereocenters. The Morgan fingerprint density at radius 1 is 1.07 bits per heavy atom. The zero-order chi connectivity index (χ0) is 20.2. The number of ether oxygens (including phenoxy) is 1. The number of anilines is 1. The number of para-hydroxylation sites is 1. The fourth-order valence-corrected chi connectivity index (χ4v) is 2.96. The van der Waals surface area contributed by atoms with Gasteiger partial charge in [-0.2, -0.15) is 4.98 Å². The van der Waals surface area contributed by atoms with Crippen molar-refractivity contribution in [3.8, 4) is 17.2 Å². The van der Waals surface area contributed by atoms with Crippen LogP contribution in [0.4, 0.5) is 5.69 Å². The van der Waals surface area contributed by atoms with E-state index in [1.54, 1.807) is 36.5 Å². The number of hydrogen-bond donors (Lipinski definition) is 2. The molecule has 7 nitrogen and oxygen atoms in total. The number of rotatable bonds is 4. The number of hydrogen-bond acceptors (Lipinski definition) is 6. The van der Waals surface area contributed by atoms with E-state index in [2.05, 4.69) is 20.6 Å². The normalized spacial score (nSPS) is 10.5. The van der Waals surface area contributed by atoms with Crippen molar-refractivity contribution >= 4 is 40.2 Å². The summed E-state index contributed by atoms with van der Waals surface area (Å²) in [6.07, 6.45) is 1.67. The first-order valence-corrected chi connectivity index (χ1v) is 9.12. The molecule has 0 aliphatic heterocycles. The molecule has 144 valence electrons. The first kappa shape index (κ1) is 18.6. The molecule has 0 bridgehead atoms. The van der Waals surface area contributed by atoms with E-state index in [-0.39, 0.29) is 11.0 Å². The number of benzene rings is 2. The van der Waals surface area contributed by atoms with Crippen molar-refractivity contribution in [2.24, 2.45) is 0 Å². The molecule has 4 rings (SSSR count). The summed E-state index contributed by atoms with van der Waals surface area (Å²) >= 11 is 5.24. The van der Waals surface area contributed by atoms with Gasteiger partial charge in [0.05, 0.1) is 12.7 Å². The van der Waals surface area contributed by atoms with E-state index in [1.165, 1.54) is 7.11 Å². The SMILES string of the molecule is COc1ccccc1C(=O)NC(=S)Nc1ccc(-c2nc3ncccc3o2)cc1. The number of pyridine rings is 1. The highest BCUT2D eigenvalue weighted by atomic mass is 32.1. The molecule has 2 aromatic carbocycles. The van der Waals surface area contributed by atoms with Gasteiger partial charge in [-0.25, -0.2) is 4.98 Å². The fourth-order valence-electron chi connectivity index (χ4n) is 2.75. The van der Waals surface area contributed by atoms with Gasteiger partial charge in [0.15, 0.2) is 16.3 Å². The molecule has 2 N–H and O–H groups in total. The van der Waals surface area contributed by atoms with Crippen molar-refractivity contribution < 1.29 is 13.9 Å². The molecule has 0 aliphatic carbocycles. The van der Waals surface area contributed by atoms with E-state index in [0.717, 1.165) is 5.56 Å². The third kappa shape index (κ3) is 4.07. The van der Waals surface area contributed by atoms with Crippen molar-refractivity contribution in [1.82, 2.24) is 15.3 Å². The molecule has 0 atom stereocenters. The Bertz CT molecular complexity index is 1150. The molecular weight excluding hydrogens is 388 g/mol. The number of amides is 1. The van der Waals surface area contributed by atoms with E-state index in [4.69, 9.17) is 21.4 Å². The van der Waals surface area contributed by atoms with Gasteiger partial charge >= 0.3 is 0 Å². The third-order valence-corrected chi connectivity index (χ3v) is 4.34. The van der Waals surface area contributed by atoms with Gasteiger partial charge in [0.25, 0.3) is 5.91 Å². The standard InChI is InChI=1S/C21H16N4O3S/c1-27-16-6-3-2-5-15(16)19(26)25-21(29)23-14-10-8-13(9-11-14)20-24-18-17(28-20)7-4-12-22-18/h2-12H,1H3,(H2,23,25,26,29). The second kappa shape index (κ2) is 8.07. The lowest BCUT2D eigenvalue weighted by atomic mass is 10.2. The molecule has 0 aliphatic rings. The Kier molecular flexibility index (Phi) is 5.17. The number of oxazole rings is 1. The molecule has 0 spiro atoms. The molecule has 0 saturated carbocycles. The van der Waals surface area contributed by atoms with Crippen molar-refractivity contribution in [3.05, 3.63) is 72.4 Å². The van der Waals surface area contributed by atoms with Crippen molar-refractivity contribution in [2.45, 2.75) is 0 Å². The van der Waals surface area contributed by atoms with E-state index in [1.807, 2.05) is 30.3 Å². The highest BCUT2D eigenvalue weighted by molar-refractivity contribution is 7.80. The Labute approximate surface area is 171 Å². The van der Waals surface area contributed by atoms with E-state index in [9.17, 15) is 4.79 Å². The van der Waals surface area contributed by atoms with E-state index >= 15 is 0 Å². The van der Waals surface area contributed by atoms with Crippen molar-refractivity contribution in [1.29, 1.82) is 0 Å². The smallest absolute Gasteiger partial charge is 0.261 e. The molecule has 2 heterocycles. The molecule has 8 heteroatoms. The molecule has 0 radical (unpaired) electrons. The summed E-state index contributed by atoms with van der Waals surface area (Å²) in [6, 6.07) is 17.9. The summed E-state index contributed by atoms with van der Waals surface area (Å²) in [5.41, 5.74) is 3.11. The van der Waals surface area contributed by atoms with E-state index in [0.29, 0.717) is 34.1 Å². The van der Waals surface area contributed by atoms with Gasteiger partial charge in [-0.05, 0) is 60.7 Å². The predicted octanol–water partition coefficient (Wildman–Crippen LogP) is 4.03. The summed E-state index contributed by atoms with van der Waals surface area (Å²) in [5.74, 6) is 0.609. The number of methoxy groups -OCH3 is 1. The summed E-state index contributed by atoms with van der Waals surface area (Å²) < 4.78 is 10.9. The summed E-state index contributed by atoms with van der Waals surface area (Å²) in [4.78, 5) is 20.9. The highest BCUT2D eigenvalue weighted by Crippen LogP contribution is 2.24. The highest BCUT2D eigenvalue weighted by Gasteiger charge is 2.13. The Hall–Kier alpha value is -3.78. The van der Waals surface area contributed by atoms with Gasteiger partial charge in [0.2, 0.25) is 5.89 Å². The number of thiocarbonyl (C=S) groups is 1. The topological polar surface area (TPSA) is 89.3 Å². The first-order valence-electron chi connectivity index (χ1n) is 8.71. The maximum Gasteiger partial charge on any atom is 0.261 e. The van der Waals surface area contributed by atoms with Crippen LogP contribution in [-0.4, -0.2) is 28.1 Å². The minimum atomic E-state index is -0.351. The summed E-state index contributed by atoms with van der Waals surface area (Å²) in [6.45, 7) is 0.